The van der Waals surface area contributed by atoms with Crippen molar-refractivity contribution in [3.8, 4) is 0 Å². The van der Waals surface area contributed by atoms with Crippen molar-refractivity contribution >= 4 is 21.8 Å². The molecule has 0 radical (unpaired) electrons. The number of nitrogens with zero attached hydrogens (tertiary/aromatic N) is 1. The Kier molecular flexibility index (Phi) is 3.74. The topological polar surface area (TPSA) is 59.1 Å². The van der Waals surface area contributed by atoms with E-state index < -0.39 is 10.0 Å². The van der Waals surface area contributed by atoms with Gasteiger partial charge in [0, 0.05) is 6.20 Å². The SMILES string of the molecule is O=S(=O)(/C=C/c1ccccc1)Nc1cccnc1. The molecule has 0 unspecified atom stereocenters. The summed E-state index contributed by atoms with van der Waals surface area (Å²) >= 11 is 0. The van der Waals surface area contributed by atoms with Gasteiger partial charge in [-0.05, 0) is 23.8 Å². The third-order valence-corrected chi connectivity index (χ3v) is 3.18. The molecule has 0 bridgehead atoms. The van der Waals surface area contributed by atoms with Crippen molar-refractivity contribution in [1.29, 1.82) is 0 Å². The standard InChI is InChI=1S/C13H12N2O2S/c16-18(17,15-13-7-4-9-14-11-13)10-8-12-5-2-1-3-6-12/h1-11,15H/b10-8+. The highest BCUT2D eigenvalue weighted by Crippen LogP contribution is 2.08. The van der Waals surface area contributed by atoms with Gasteiger partial charge in [-0.15, -0.1) is 0 Å². The van der Waals surface area contributed by atoms with Crippen LogP contribution in [0.1, 0.15) is 5.56 Å². The minimum atomic E-state index is -3.50. The molecule has 0 aliphatic rings. The summed E-state index contributed by atoms with van der Waals surface area (Å²) in [6.07, 6.45) is 4.57. The van der Waals surface area contributed by atoms with Gasteiger partial charge in [0.25, 0.3) is 10.0 Å². The first kappa shape index (κ1) is 12.3. The zero-order valence-electron chi connectivity index (χ0n) is 9.52. The van der Waals surface area contributed by atoms with Crippen LogP contribution in [0, 0.1) is 0 Å². The second-order valence-electron chi connectivity index (χ2n) is 3.60. The molecule has 0 atom stereocenters. The summed E-state index contributed by atoms with van der Waals surface area (Å²) in [5.74, 6) is 0. The Labute approximate surface area is 106 Å². The van der Waals surface area contributed by atoms with Crippen LogP contribution < -0.4 is 4.72 Å². The number of nitrogens with one attached hydrogen (secondary N) is 1. The molecule has 0 spiro atoms. The summed E-state index contributed by atoms with van der Waals surface area (Å²) in [7, 11) is -3.50. The Balaban J connectivity index is 2.11. The van der Waals surface area contributed by atoms with Gasteiger partial charge in [-0.1, -0.05) is 30.3 Å². The molecule has 1 aromatic heterocycles. The average Bonchev–Trinajstić information content (AvgIpc) is 2.38. The normalized spacial score (nSPS) is 11.6. The van der Waals surface area contributed by atoms with Gasteiger partial charge in [-0.3, -0.25) is 9.71 Å². The molecular formula is C13H12N2O2S. The fourth-order valence-electron chi connectivity index (χ4n) is 1.35. The van der Waals surface area contributed by atoms with Gasteiger partial charge in [0.05, 0.1) is 17.3 Å². The molecule has 0 aliphatic heterocycles. The van der Waals surface area contributed by atoms with Crippen molar-refractivity contribution in [3.05, 3.63) is 65.8 Å². The molecule has 0 amide bonds. The first-order valence-corrected chi connectivity index (χ1v) is 6.86. The third-order valence-electron chi connectivity index (χ3n) is 2.16. The second kappa shape index (κ2) is 5.46. The monoisotopic (exact) mass is 260 g/mol. The minimum absolute atomic E-state index is 0.440. The van der Waals surface area contributed by atoms with Crippen molar-refractivity contribution < 1.29 is 8.42 Å². The molecule has 18 heavy (non-hydrogen) atoms. The van der Waals surface area contributed by atoms with Crippen LogP contribution in [0.5, 0.6) is 0 Å². The first-order valence-electron chi connectivity index (χ1n) is 5.32. The number of aromatic nitrogens is 1. The van der Waals surface area contributed by atoms with Crippen LogP contribution in [0.4, 0.5) is 5.69 Å². The Hall–Kier alpha value is -2.14. The fraction of sp³-hybridized carbons (Fsp3) is 0. The highest BCUT2D eigenvalue weighted by Gasteiger charge is 2.04. The van der Waals surface area contributed by atoms with E-state index in [0.29, 0.717) is 5.69 Å². The van der Waals surface area contributed by atoms with E-state index >= 15 is 0 Å². The van der Waals surface area contributed by atoms with Gasteiger partial charge < -0.3 is 0 Å². The number of pyridine rings is 1. The molecule has 2 aromatic rings. The Morgan fingerprint density at radius 3 is 2.50 bits per heavy atom. The first-order chi connectivity index (χ1) is 8.66. The molecule has 0 saturated carbocycles. The zero-order chi connectivity index (χ0) is 12.8. The minimum Gasteiger partial charge on any atom is -0.279 e. The Morgan fingerprint density at radius 1 is 1.06 bits per heavy atom. The van der Waals surface area contributed by atoms with Crippen LogP contribution in [0.25, 0.3) is 6.08 Å². The number of benzene rings is 1. The van der Waals surface area contributed by atoms with Gasteiger partial charge in [0.1, 0.15) is 0 Å². The number of hydrogen-bond donors (Lipinski definition) is 1. The lowest BCUT2D eigenvalue weighted by Gasteiger charge is -2.02. The predicted molar refractivity (Wildman–Crippen MR) is 72.3 cm³/mol. The van der Waals surface area contributed by atoms with Crippen LogP contribution in [0.3, 0.4) is 0 Å². The number of rotatable bonds is 4. The maximum absolute atomic E-state index is 11.7. The maximum Gasteiger partial charge on any atom is 0.255 e. The van der Waals surface area contributed by atoms with E-state index in [-0.39, 0.29) is 0 Å². The Morgan fingerprint density at radius 2 is 1.83 bits per heavy atom. The van der Waals surface area contributed by atoms with Gasteiger partial charge in [0.2, 0.25) is 0 Å². The quantitative estimate of drug-likeness (QED) is 0.918. The number of anilines is 1. The number of hydrogen-bond acceptors (Lipinski definition) is 3. The van der Waals surface area contributed by atoms with Crippen molar-refractivity contribution in [2.75, 3.05) is 4.72 Å². The number of sulfonamides is 1. The van der Waals surface area contributed by atoms with E-state index in [2.05, 4.69) is 9.71 Å². The molecule has 0 saturated heterocycles. The molecule has 1 aromatic carbocycles. The molecule has 92 valence electrons. The Bertz CT molecular complexity index is 623. The molecular weight excluding hydrogens is 248 g/mol. The van der Waals surface area contributed by atoms with Crippen LogP contribution in [-0.4, -0.2) is 13.4 Å². The summed E-state index contributed by atoms with van der Waals surface area (Å²) in [6, 6.07) is 12.5. The van der Waals surface area contributed by atoms with Crippen molar-refractivity contribution in [2.24, 2.45) is 0 Å². The second-order valence-corrected chi connectivity index (χ2v) is 5.17. The summed E-state index contributed by atoms with van der Waals surface area (Å²) in [4.78, 5) is 3.84. The highest BCUT2D eigenvalue weighted by molar-refractivity contribution is 7.95. The molecule has 0 fully saturated rings. The molecule has 5 heteroatoms. The van der Waals surface area contributed by atoms with E-state index in [9.17, 15) is 8.42 Å². The van der Waals surface area contributed by atoms with Crippen molar-refractivity contribution in [1.82, 2.24) is 4.98 Å². The molecule has 4 nitrogen and oxygen atoms in total. The molecule has 2 rings (SSSR count). The zero-order valence-corrected chi connectivity index (χ0v) is 10.3. The van der Waals surface area contributed by atoms with Crippen LogP contribution in [0.2, 0.25) is 0 Å². The van der Waals surface area contributed by atoms with E-state index in [0.717, 1.165) is 11.0 Å². The van der Waals surface area contributed by atoms with Crippen molar-refractivity contribution in [2.45, 2.75) is 0 Å². The van der Waals surface area contributed by atoms with Gasteiger partial charge >= 0.3 is 0 Å². The predicted octanol–water partition coefficient (Wildman–Crippen LogP) is 2.49. The third kappa shape index (κ3) is 3.71. The summed E-state index contributed by atoms with van der Waals surface area (Å²) in [5.41, 5.74) is 1.27. The summed E-state index contributed by atoms with van der Waals surface area (Å²) < 4.78 is 25.9. The van der Waals surface area contributed by atoms with Crippen LogP contribution in [-0.2, 0) is 10.0 Å². The summed E-state index contributed by atoms with van der Waals surface area (Å²) in [6.45, 7) is 0. The highest BCUT2D eigenvalue weighted by atomic mass is 32.2. The summed E-state index contributed by atoms with van der Waals surface area (Å²) in [5, 5.41) is 1.13. The molecule has 1 heterocycles. The van der Waals surface area contributed by atoms with E-state index in [1.807, 2.05) is 30.3 Å². The van der Waals surface area contributed by atoms with E-state index in [1.165, 1.54) is 6.20 Å². The lowest BCUT2D eigenvalue weighted by atomic mass is 10.2. The molecule has 1 N–H and O–H groups in total. The smallest absolute Gasteiger partial charge is 0.255 e. The van der Waals surface area contributed by atoms with Crippen LogP contribution >= 0.6 is 0 Å². The lowest BCUT2D eigenvalue weighted by molar-refractivity contribution is 0.609. The van der Waals surface area contributed by atoms with Crippen LogP contribution in [0.15, 0.2) is 60.3 Å². The van der Waals surface area contributed by atoms with E-state index in [1.54, 1.807) is 24.4 Å². The molecule has 0 aliphatic carbocycles. The largest absolute Gasteiger partial charge is 0.279 e. The van der Waals surface area contributed by atoms with Crippen molar-refractivity contribution in [3.63, 3.8) is 0 Å². The van der Waals surface area contributed by atoms with Gasteiger partial charge in [-0.2, -0.15) is 0 Å². The van der Waals surface area contributed by atoms with E-state index in [4.69, 9.17) is 0 Å². The lowest BCUT2D eigenvalue weighted by Crippen LogP contribution is -2.08. The van der Waals surface area contributed by atoms with Gasteiger partial charge in [-0.25, -0.2) is 8.42 Å². The average molecular weight is 260 g/mol. The van der Waals surface area contributed by atoms with Gasteiger partial charge in [0.15, 0.2) is 0 Å². The fourth-order valence-corrected chi connectivity index (χ4v) is 2.21. The maximum atomic E-state index is 11.7.